The lowest BCUT2D eigenvalue weighted by Crippen LogP contribution is -2.24. The first-order chi connectivity index (χ1) is 7.61. The Kier molecular flexibility index (Phi) is 5.74. The highest BCUT2D eigenvalue weighted by atomic mass is 79.9. The standard InChI is InChI=1S/C13H19BrN2/c1-11(8-15-2)9-16(3)10-12-4-6-13(14)7-5-12/h4-7,15H,1,8-10H2,2-3H3. The molecular weight excluding hydrogens is 264 g/mol. The van der Waals surface area contributed by atoms with E-state index in [9.17, 15) is 0 Å². The van der Waals surface area contributed by atoms with Gasteiger partial charge in [-0.15, -0.1) is 0 Å². The molecule has 2 nitrogen and oxygen atoms in total. The summed E-state index contributed by atoms with van der Waals surface area (Å²) < 4.78 is 1.12. The fraction of sp³-hybridized carbons (Fsp3) is 0.385. The molecular formula is C13H19BrN2. The Morgan fingerprint density at radius 3 is 2.56 bits per heavy atom. The van der Waals surface area contributed by atoms with Crippen molar-refractivity contribution in [3.05, 3.63) is 46.5 Å². The molecule has 1 aromatic carbocycles. The average Bonchev–Trinajstić information content (AvgIpc) is 2.21. The molecule has 88 valence electrons. The predicted molar refractivity (Wildman–Crippen MR) is 73.5 cm³/mol. The van der Waals surface area contributed by atoms with E-state index in [0.717, 1.165) is 24.1 Å². The molecule has 16 heavy (non-hydrogen) atoms. The SMILES string of the molecule is C=C(CNC)CN(C)Cc1ccc(Br)cc1. The Morgan fingerprint density at radius 1 is 1.38 bits per heavy atom. The van der Waals surface area contributed by atoms with Gasteiger partial charge in [-0.05, 0) is 37.4 Å². The van der Waals surface area contributed by atoms with Crippen LogP contribution in [0.15, 0.2) is 40.9 Å². The van der Waals surface area contributed by atoms with Crippen LogP contribution in [0.2, 0.25) is 0 Å². The quantitative estimate of drug-likeness (QED) is 0.807. The van der Waals surface area contributed by atoms with Gasteiger partial charge in [0.25, 0.3) is 0 Å². The Balaban J connectivity index is 2.42. The van der Waals surface area contributed by atoms with Crippen LogP contribution >= 0.6 is 15.9 Å². The van der Waals surface area contributed by atoms with E-state index in [2.05, 4.69) is 64.0 Å². The summed E-state index contributed by atoms with van der Waals surface area (Å²) in [5.41, 5.74) is 2.53. The van der Waals surface area contributed by atoms with Crippen molar-refractivity contribution in [2.24, 2.45) is 0 Å². The van der Waals surface area contributed by atoms with Crippen molar-refractivity contribution in [3.8, 4) is 0 Å². The van der Waals surface area contributed by atoms with Crippen molar-refractivity contribution in [1.82, 2.24) is 10.2 Å². The van der Waals surface area contributed by atoms with E-state index >= 15 is 0 Å². The second-order valence-electron chi connectivity index (χ2n) is 4.08. The first-order valence-corrected chi connectivity index (χ1v) is 6.15. The summed E-state index contributed by atoms with van der Waals surface area (Å²) in [5.74, 6) is 0. The number of rotatable bonds is 6. The fourth-order valence-electron chi connectivity index (χ4n) is 1.65. The first kappa shape index (κ1) is 13.4. The van der Waals surface area contributed by atoms with Gasteiger partial charge in [-0.2, -0.15) is 0 Å². The van der Waals surface area contributed by atoms with Gasteiger partial charge in [-0.25, -0.2) is 0 Å². The third kappa shape index (κ3) is 4.92. The van der Waals surface area contributed by atoms with Gasteiger partial charge in [0, 0.05) is 24.1 Å². The molecule has 1 N–H and O–H groups in total. The lowest BCUT2D eigenvalue weighted by Gasteiger charge is -2.18. The van der Waals surface area contributed by atoms with E-state index in [1.165, 1.54) is 11.1 Å². The summed E-state index contributed by atoms with van der Waals surface area (Å²) in [7, 11) is 4.06. The molecule has 0 aromatic heterocycles. The summed E-state index contributed by atoms with van der Waals surface area (Å²) in [4.78, 5) is 2.27. The number of hydrogen-bond acceptors (Lipinski definition) is 2. The predicted octanol–water partition coefficient (Wildman–Crippen LogP) is 2.66. The zero-order valence-corrected chi connectivity index (χ0v) is 11.5. The molecule has 0 fully saturated rings. The van der Waals surface area contributed by atoms with Crippen LogP contribution in [0.4, 0.5) is 0 Å². The van der Waals surface area contributed by atoms with E-state index in [-0.39, 0.29) is 0 Å². The van der Waals surface area contributed by atoms with E-state index in [1.54, 1.807) is 0 Å². The highest BCUT2D eigenvalue weighted by Gasteiger charge is 2.02. The Labute approximate surface area is 106 Å². The van der Waals surface area contributed by atoms with Crippen LogP contribution in [-0.2, 0) is 6.54 Å². The van der Waals surface area contributed by atoms with Gasteiger partial charge < -0.3 is 5.32 Å². The van der Waals surface area contributed by atoms with Gasteiger partial charge in [0.05, 0.1) is 0 Å². The average molecular weight is 283 g/mol. The molecule has 0 amide bonds. The van der Waals surface area contributed by atoms with Gasteiger partial charge in [-0.3, -0.25) is 4.90 Å². The highest BCUT2D eigenvalue weighted by molar-refractivity contribution is 9.10. The maximum Gasteiger partial charge on any atom is 0.0234 e. The lowest BCUT2D eigenvalue weighted by atomic mass is 10.2. The minimum absolute atomic E-state index is 0.880. The zero-order chi connectivity index (χ0) is 12.0. The van der Waals surface area contributed by atoms with Crippen molar-refractivity contribution in [2.75, 3.05) is 27.2 Å². The summed E-state index contributed by atoms with van der Waals surface area (Å²) in [6.07, 6.45) is 0. The van der Waals surface area contributed by atoms with E-state index in [0.29, 0.717) is 0 Å². The van der Waals surface area contributed by atoms with Gasteiger partial charge in [0.2, 0.25) is 0 Å². The molecule has 0 radical (unpaired) electrons. The molecule has 0 saturated carbocycles. The normalized spacial score (nSPS) is 10.8. The lowest BCUT2D eigenvalue weighted by molar-refractivity contribution is 0.353. The maximum atomic E-state index is 4.03. The monoisotopic (exact) mass is 282 g/mol. The maximum absolute atomic E-state index is 4.03. The van der Waals surface area contributed by atoms with Gasteiger partial charge in [0.1, 0.15) is 0 Å². The number of benzene rings is 1. The van der Waals surface area contributed by atoms with E-state index < -0.39 is 0 Å². The molecule has 0 atom stereocenters. The molecule has 0 aliphatic heterocycles. The number of nitrogens with one attached hydrogen (secondary N) is 1. The highest BCUT2D eigenvalue weighted by Crippen LogP contribution is 2.12. The number of nitrogens with zero attached hydrogens (tertiary/aromatic N) is 1. The van der Waals surface area contributed by atoms with Crippen molar-refractivity contribution in [2.45, 2.75) is 6.54 Å². The molecule has 1 aromatic rings. The molecule has 0 saturated heterocycles. The van der Waals surface area contributed by atoms with Crippen LogP contribution in [-0.4, -0.2) is 32.1 Å². The Morgan fingerprint density at radius 2 is 2.00 bits per heavy atom. The largest absolute Gasteiger partial charge is 0.316 e. The van der Waals surface area contributed by atoms with Crippen molar-refractivity contribution < 1.29 is 0 Å². The third-order valence-electron chi connectivity index (χ3n) is 2.29. The van der Waals surface area contributed by atoms with Gasteiger partial charge in [-0.1, -0.05) is 34.6 Å². The van der Waals surface area contributed by atoms with Crippen LogP contribution in [0.5, 0.6) is 0 Å². The van der Waals surface area contributed by atoms with Gasteiger partial charge in [0.15, 0.2) is 0 Å². The Hall–Kier alpha value is -0.640. The topological polar surface area (TPSA) is 15.3 Å². The van der Waals surface area contributed by atoms with Crippen LogP contribution in [0.3, 0.4) is 0 Å². The van der Waals surface area contributed by atoms with E-state index in [1.807, 2.05) is 7.05 Å². The number of likely N-dealkylation sites (N-methyl/N-ethyl adjacent to an activating group) is 2. The minimum Gasteiger partial charge on any atom is -0.316 e. The van der Waals surface area contributed by atoms with Gasteiger partial charge >= 0.3 is 0 Å². The number of halogens is 1. The van der Waals surface area contributed by atoms with Crippen LogP contribution in [0, 0.1) is 0 Å². The molecule has 0 heterocycles. The summed E-state index contributed by atoms with van der Waals surface area (Å²) in [5, 5.41) is 3.11. The second kappa shape index (κ2) is 6.84. The zero-order valence-electron chi connectivity index (χ0n) is 9.96. The van der Waals surface area contributed by atoms with Crippen LogP contribution < -0.4 is 5.32 Å². The molecule has 1 rings (SSSR count). The first-order valence-electron chi connectivity index (χ1n) is 5.36. The molecule has 0 unspecified atom stereocenters. The van der Waals surface area contributed by atoms with Crippen LogP contribution in [0.1, 0.15) is 5.56 Å². The minimum atomic E-state index is 0.880. The van der Waals surface area contributed by atoms with E-state index in [4.69, 9.17) is 0 Å². The molecule has 0 bridgehead atoms. The smallest absolute Gasteiger partial charge is 0.0234 e. The van der Waals surface area contributed by atoms with Crippen molar-refractivity contribution in [1.29, 1.82) is 0 Å². The van der Waals surface area contributed by atoms with Crippen LogP contribution in [0.25, 0.3) is 0 Å². The summed E-state index contributed by atoms with van der Waals surface area (Å²) >= 11 is 3.44. The molecule has 3 heteroatoms. The fourth-order valence-corrected chi connectivity index (χ4v) is 1.91. The summed E-state index contributed by atoms with van der Waals surface area (Å²) in [6, 6.07) is 8.43. The number of hydrogen-bond donors (Lipinski definition) is 1. The third-order valence-corrected chi connectivity index (χ3v) is 2.81. The molecule has 0 spiro atoms. The second-order valence-corrected chi connectivity index (χ2v) is 4.99. The molecule has 0 aliphatic rings. The van der Waals surface area contributed by atoms with Crippen molar-refractivity contribution >= 4 is 15.9 Å². The summed E-state index contributed by atoms with van der Waals surface area (Å²) in [6.45, 7) is 6.79. The van der Waals surface area contributed by atoms with Crippen molar-refractivity contribution in [3.63, 3.8) is 0 Å². The molecule has 0 aliphatic carbocycles. The Bertz CT molecular complexity index is 332.